The van der Waals surface area contributed by atoms with Crippen molar-refractivity contribution in [3.8, 4) is 11.5 Å². The first kappa shape index (κ1) is 11.6. The van der Waals surface area contributed by atoms with Crippen LogP contribution in [0.3, 0.4) is 0 Å². The highest BCUT2D eigenvalue weighted by atomic mass is 16.5. The minimum Gasteiger partial charge on any atom is -0.456 e. The molecule has 0 amide bonds. The van der Waals surface area contributed by atoms with Gasteiger partial charge in [0.2, 0.25) is 0 Å². The summed E-state index contributed by atoms with van der Waals surface area (Å²) in [4.78, 5) is 4.03. The van der Waals surface area contributed by atoms with Gasteiger partial charge in [0, 0.05) is 6.20 Å². The van der Waals surface area contributed by atoms with Gasteiger partial charge in [-0.1, -0.05) is 25.5 Å². The number of benzene rings is 1. The van der Waals surface area contributed by atoms with E-state index in [1.165, 1.54) is 18.4 Å². The van der Waals surface area contributed by atoms with E-state index in [0.717, 1.165) is 17.9 Å². The molecule has 0 aliphatic carbocycles. The number of unbranched alkanes of at least 4 members (excludes halogenated alkanes) is 1. The van der Waals surface area contributed by atoms with E-state index in [0.29, 0.717) is 0 Å². The second-order valence-electron chi connectivity index (χ2n) is 4.04. The number of aryl methyl sites for hydroxylation is 1. The van der Waals surface area contributed by atoms with Gasteiger partial charge >= 0.3 is 0 Å². The molecule has 0 radical (unpaired) electrons. The SMILES string of the molecule is CCCCc1cccc(Oc2cccnc2)c1. The molecule has 17 heavy (non-hydrogen) atoms. The molecule has 1 heterocycles. The van der Waals surface area contributed by atoms with Crippen LogP contribution in [0.1, 0.15) is 25.3 Å². The van der Waals surface area contributed by atoms with Crippen LogP contribution in [-0.2, 0) is 6.42 Å². The lowest BCUT2D eigenvalue weighted by Crippen LogP contribution is -1.88. The Bertz CT molecular complexity index is 453. The number of rotatable bonds is 5. The van der Waals surface area contributed by atoms with Crippen LogP contribution in [0.4, 0.5) is 0 Å². The normalized spacial score (nSPS) is 10.2. The van der Waals surface area contributed by atoms with E-state index < -0.39 is 0 Å². The first-order valence-corrected chi connectivity index (χ1v) is 6.05. The quantitative estimate of drug-likeness (QED) is 0.763. The lowest BCUT2D eigenvalue weighted by Gasteiger charge is -2.06. The molecule has 1 aromatic heterocycles. The summed E-state index contributed by atoms with van der Waals surface area (Å²) < 4.78 is 5.74. The zero-order valence-electron chi connectivity index (χ0n) is 10.1. The number of hydrogen-bond acceptors (Lipinski definition) is 2. The molecule has 0 aliphatic rings. The molecular formula is C15H17NO. The highest BCUT2D eigenvalue weighted by molar-refractivity contribution is 5.32. The second-order valence-corrected chi connectivity index (χ2v) is 4.04. The number of nitrogens with zero attached hydrogens (tertiary/aromatic N) is 1. The van der Waals surface area contributed by atoms with Crippen molar-refractivity contribution >= 4 is 0 Å². The van der Waals surface area contributed by atoms with Gasteiger partial charge in [0.1, 0.15) is 11.5 Å². The Balaban J connectivity index is 2.06. The molecule has 1 aromatic carbocycles. The van der Waals surface area contributed by atoms with Crippen LogP contribution in [0.2, 0.25) is 0 Å². The van der Waals surface area contributed by atoms with Crippen molar-refractivity contribution in [1.29, 1.82) is 0 Å². The summed E-state index contributed by atoms with van der Waals surface area (Å²) in [6, 6.07) is 12.0. The van der Waals surface area contributed by atoms with Gasteiger partial charge in [0.05, 0.1) is 6.20 Å². The van der Waals surface area contributed by atoms with E-state index >= 15 is 0 Å². The van der Waals surface area contributed by atoms with Crippen molar-refractivity contribution in [2.75, 3.05) is 0 Å². The summed E-state index contributed by atoms with van der Waals surface area (Å²) in [5.74, 6) is 1.66. The summed E-state index contributed by atoms with van der Waals surface area (Å²) in [7, 11) is 0. The maximum Gasteiger partial charge on any atom is 0.145 e. The average Bonchev–Trinajstić information content (AvgIpc) is 2.38. The van der Waals surface area contributed by atoms with E-state index in [2.05, 4.69) is 24.0 Å². The van der Waals surface area contributed by atoms with Crippen molar-refractivity contribution in [3.63, 3.8) is 0 Å². The van der Waals surface area contributed by atoms with Gasteiger partial charge in [0.15, 0.2) is 0 Å². The molecule has 2 heteroatoms. The lowest BCUT2D eigenvalue weighted by molar-refractivity contribution is 0.479. The van der Waals surface area contributed by atoms with E-state index in [4.69, 9.17) is 4.74 Å². The van der Waals surface area contributed by atoms with Gasteiger partial charge in [-0.15, -0.1) is 0 Å². The minimum absolute atomic E-state index is 0.778. The predicted octanol–water partition coefficient (Wildman–Crippen LogP) is 4.22. The molecular weight excluding hydrogens is 210 g/mol. The first-order chi connectivity index (χ1) is 8.38. The Morgan fingerprint density at radius 3 is 2.76 bits per heavy atom. The summed E-state index contributed by atoms with van der Waals surface area (Å²) in [6.07, 6.45) is 7.01. The Morgan fingerprint density at radius 1 is 1.12 bits per heavy atom. The fourth-order valence-corrected chi connectivity index (χ4v) is 1.69. The van der Waals surface area contributed by atoms with Crippen LogP contribution in [0.15, 0.2) is 48.8 Å². The predicted molar refractivity (Wildman–Crippen MR) is 69.4 cm³/mol. The van der Waals surface area contributed by atoms with Crippen LogP contribution in [0.5, 0.6) is 11.5 Å². The Labute approximate surface area is 102 Å². The van der Waals surface area contributed by atoms with Crippen LogP contribution in [0.25, 0.3) is 0 Å². The Morgan fingerprint density at radius 2 is 2.00 bits per heavy atom. The third-order valence-corrected chi connectivity index (χ3v) is 2.59. The van der Waals surface area contributed by atoms with Crippen molar-refractivity contribution in [1.82, 2.24) is 4.98 Å². The molecule has 0 aliphatic heterocycles. The van der Waals surface area contributed by atoms with Crippen LogP contribution < -0.4 is 4.74 Å². The maximum absolute atomic E-state index is 5.74. The number of aromatic nitrogens is 1. The van der Waals surface area contributed by atoms with Crippen molar-refractivity contribution in [3.05, 3.63) is 54.4 Å². The van der Waals surface area contributed by atoms with Gasteiger partial charge in [-0.05, 0) is 42.7 Å². The van der Waals surface area contributed by atoms with Gasteiger partial charge in [-0.2, -0.15) is 0 Å². The maximum atomic E-state index is 5.74. The number of pyridine rings is 1. The molecule has 0 N–H and O–H groups in total. The van der Waals surface area contributed by atoms with E-state index in [1.54, 1.807) is 12.4 Å². The molecule has 2 nitrogen and oxygen atoms in total. The zero-order valence-corrected chi connectivity index (χ0v) is 10.1. The molecule has 0 fully saturated rings. The fraction of sp³-hybridized carbons (Fsp3) is 0.267. The molecule has 0 saturated heterocycles. The topological polar surface area (TPSA) is 22.1 Å². The van der Waals surface area contributed by atoms with Crippen LogP contribution in [-0.4, -0.2) is 4.98 Å². The van der Waals surface area contributed by atoms with E-state index in [1.807, 2.05) is 24.3 Å². The van der Waals surface area contributed by atoms with Crippen molar-refractivity contribution in [2.24, 2.45) is 0 Å². The minimum atomic E-state index is 0.778. The van der Waals surface area contributed by atoms with Gasteiger partial charge in [0.25, 0.3) is 0 Å². The monoisotopic (exact) mass is 227 g/mol. The largest absolute Gasteiger partial charge is 0.456 e. The number of hydrogen-bond donors (Lipinski definition) is 0. The molecule has 0 saturated carbocycles. The van der Waals surface area contributed by atoms with Gasteiger partial charge in [-0.25, -0.2) is 0 Å². The van der Waals surface area contributed by atoms with Gasteiger partial charge in [-0.3, -0.25) is 4.98 Å². The van der Waals surface area contributed by atoms with Crippen LogP contribution >= 0.6 is 0 Å². The second kappa shape index (κ2) is 6.04. The summed E-state index contributed by atoms with van der Waals surface area (Å²) in [6.45, 7) is 2.20. The average molecular weight is 227 g/mol. The number of ether oxygens (including phenoxy) is 1. The van der Waals surface area contributed by atoms with Crippen molar-refractivity contribution in [2.45, 2.75) is 26.2 Å². The Hall–Kier alpha value is -1.83. The molecule has 0 spiro atoms. The molecule has 0 atom stereocenters. The van der Waals surface area contributed by atoms with Gasteiger partial charge < -0.3 is 4.74 Å². The molecule has 0 bridgehead atoms. The summed E-state index contributed by atoms with van der Waals surface area (Å²) >= 11 is 0. The zero-order chi connectivity index (χ0) is 11.9. The fourth-order valence-electron chi connectivity index (χ4n) is 1.69. The lowest BCUT2D eigenvalue weighted by atomic mass is 10.1. The van der Waals surface area contributed by atoms with E-state index in [9.17, 15) is 0 Å². The molecule has 2 aromatic rings. The smallest absolute Gasteiger partial charge is 0.145 e. The summed E-state index contributed by atoms with van der Waals surface area (Å²) in [5, 5.41) is 0. The third kappa shape index (κ3) is 3.59. The first-order valence-electron chi connectivity index (χ1n) is 6.05. The van der Waals surface area contributed by atoms with E-state index in [-0.39, 0.29) is 0 Å². The Kier molecular flexibility index (Phi) is 4.14. The molecule has 2 rings (SSSR count). The molecule has 88 valence electrons. The summed E-state index contributed by atoms with van der Waals surface area (Å²) in [5.41, 5.74) is 1.33. The van der Waals surface area contributed by atoms with Crippen LogP contribution in [0, 0.1) is 0 Å². The highest BCUT2D eigenvalue weighted by Gasteiger charge is 1.98. The third-order valence-electron chi connectivity index (χ3n) is 2.59. The molecule has 0 unspecified atom stereocenters. The van der Waals surface area contributed by atoms with Crippen molar-refractivity contribution < 1.29 is 4.74 Å². The highest BCUT2D eigenvalue weighted by Crippen LogP contribution is 2.21. The standard InChI is InChI=1S/C15H17NO/c1-2-3-6-13-7-4-8-14(11-13)17-15-9-5-10-16-12-15/h4-5,7-12H,2-3,6H2,1H3.